The first-order valence-electron chi connectivity index (χ1n) is 9.51. The Morgan fingerprint density at radius 3 is 2.57 bits per heavy atom. The lowest BCUT2D eigenvalue weighted by Gasteiger charge is -2.18. The average Bonchev–Trinajstić information content (AvgIpc) is 3.06. The van der Waals surface area contributed by atoms with Gasteiger partial charge in [-0.1, -0.05) is 85.6 Å². The van der Waals surface area contributed by atoms with E-state index in [-0.39, 0.29) is 12.5 Å². The van der Waals surface area contributed by atoms with Crippen LogP contribution in [-0.4, -0.2) is 20.7 Å². The molecule has 158 valence electrons. The van der Waals surface area contributed by atoms with Gasteiger partial charge in [-0.2, -0.15) is 0 Å². The summed E-state index contributed by atoms with van der Waals surface area (Å²) in [4.78, 5) is 12.3. The number of nitrogens with one attached hydrogen (secondary N) is 1. The molecule has 1 aromatic heterocycles. The molecule has 2 aromatic carbocycles. The number of carbonyl (C=O) groups is 1. The van der Waals surface area contributed by atoms with Gasteiger partial charge in [0.15, 0.2) is 11.0 Å². The Balaban J connectivity index is 1.92. The van der Waals surface area contributed by atoms with E-state index in [1.54, 1.807) is 23.9 Å². The Hall–Kier alpha value is -2.02. The van der Waals surface area contributed by atoms with Gasteiger partial charge >= 0.3 is 0 Å². The van der Waals surface area contributed by atoms with Crippen LogP contribution in [0.3, 0.4) is 0 Å². The summed E-state index contributed by atoms with van der Waals surface area (Å²) in [5, 5.41) is 13.4. The molecule has 30 heavy (non-hydrogen) atoms. The predicted octanol–water partition coefficient (Wildman–Crippen LogP) is 5.84. The molecule has 0 radical (unpaired) electrons. The van der Waals surface area contributed by atoms with Crippen LogP contribution in [0.15, 0.2) is 47.6 Å². The van der Waals surface area contributed by atoms with Crippen LogP contribution in [0.4, 0.5) is 0 Å². The maximum Gasteiger partial charge on any atom is 0.225 e. The van der Waals surface area contributed by atoms with Crippen molar-refractivity contribution < 1.29 is 4.79 Å². The van der Waals surface area contributed by atoms with Gasteiger partial charge in [-0.3, -0.25) is 9.36 Å². The fraction of sp³-hybridized carbons (Fsp3) is 0.318. The van der Waals surface area contributed by atoms with Gasteiger partial charge < -0.3 is 5.32 Å². The van der Waals surface area contributed by atoms with Crippen LogP contribution in [0.1, 0.15) is 37.7 Å². The molecular weight excluding hydrogens is 439 g/mol. The van der Waals surface area contributed by atoms with E-state index in [4.69, 9.17) is 23.2 Å². The Labute approximate surface area is 191 Å². The zero-order valence-electron chi connectivity index (χ0n) is 17.4. The summed E-state index contributed by atoms with van der Waals surface area (Å²) in [6.45, 7) is 7.91. The highest BCUT2D eigenvalue weighted by molar-refractivity contribution is 7.98. The van der Waals surface area contributed by atoms with E-state index < -0.39 is 5.41 Å². The van der Waals surface area contributed by atoms with E-state index in [1.165, 1.54) is 11.1 Å². The Morgan fingerprint density at radius 1 is 1.13 bits per heavy atom. The molecule has 5 nitrogen and oxygen atoms in total. The number of hydrogen-bond donors (Lipinski definition) is 1. The van der Waals surface area contributed by atoms with Gasteiger partial charge in [0, 0.05) is 16.2 Å². The SMILES string of the molecule is Cc1cccc(CSc2nnc(CNC(=O)C(C)(C)C)n2-c2ccc(Cl)cc2Cl)c1. The highest BCUT2D eigenvalue weighted by Gasteiger charge is 2.23. The van der Waals surface area contributed by atoms with Crippen molar-refractivity contribution in [2.75, 3.05) is 0 Å². The van der Waals surface area contributed by atoms with Crippen LogP contribution in [0.5, 0.6) is 0 Å². The maximum absolute atomic E-state index is 12.3. The van der Waals surface area contributed by atoms with Crippen LogP contribution >= 0.6 is 35.0 Å². The number of hydrogen-bond acceptors (Lipinski definition) is 4. The molecule has 0 bridgehead atoms. The summed E-state index contributed by atoms with van der Waals surface area (Å²) in [5.74, 6) is 1.27. The molecule has 1 N–H and O–H groups in total. The quantitative estimate of drug-likeness (QED) is 0.467. The Kier molecular flexibility index (Phi) is 7.11. The number of thioether (sulfide) groups is 1. The molecule has 0 unspecified atom stereocenters. The van der Waals surface area contributed by atoms with Gasteiger partial charge in [0.25, 0.3) is 0 Å². The molecule has 0 spiro atoms. The topological polar surface area (TPSA) is 59.8 Å². The van der Waals surface area contributed by atoms with Crippen molar-refractivity contribution in [2.24, 2.45) is 5.41 Å². The minimum atomic E-state index is -0.495. The molecule has 0 fully saturated rings. The number of aromatic nitrogens is 3. The normalized spacial score (nSPS) is 11.5. The van der Waals surface area contributed by atoms with Crippen LogP contribution in [0.25, 0.3) is 5.69 Å². The summed E-state index contributed by atoms with van der Waals surface area (Å²) in [6.07, 6.45) is 0. The van der Waals surface area contributed by atoms with E-state index in [0.717, 1.165) is 11.4 Å². The van der Waals surface area contributed by atoms with Crippen molar-refractivity contribution in [1.29, 1.82) is 0 Å². The van der Waals surface area contributed by atoms with Crippen LogP contribution in [-0.2, 0) is 17.1 Å². The smallest absolute Gasteiger partial charge is 0.225 e. The summed E-state index contributed by atoms with van der Waals surface area (Å²) in [6, 6.07) is 13.6. The third-order valence-electron chi connectivity index (χ3n) is 4.39. The van der Waals surface area contributed by atoms with Crippen LogP contribution < -0.4 is 5.32 Å². The number of aryl methyl sites for hydroxylation is 1. The predicted molar refractivity (Wildman–Crippen MR) is 123 cm³/mol. The summed E-state index contributed by atoms with van der Waals surface area (Å²) >= 11 is 14.1. The molecule has 8 heteroatoms. The molecule has 1 amide bonds. The van der Waals surface area contributed by atoms with Crippen molar-refractivity contribution in [2.45, 2.75) is 45.1 Å². The van der Waals surface area contributed by atoms with E-state index in [1.807, 2.05) is 37.5 Å². The zero-order valence-corrected chi connectivity index (χ0v) is 19.7. The maximum atomic E-state index is 12.3. The third kappa shape index (κ3) is 5.56. The second-order valence-corrected chi connectivity index (χ2v) is 9.83. The fourth-order valence-corrected chi connectivity index (χ4v) is 4.19. The largest absolute Gasteiger partial charge is 0.348 e. The Bertz CT molecular complexity index is 1060. The molecule has 0 aliphatic carbocycles. The van der Waals surface area contributed by atoms with Crippen molar-refractivity contribution in [1.82, 2.24) is 20.1 Å². The van der Waals surface area contributed by atoms with Gasteiger partial charge in [-0.15, -0.1) is 10.2 Å². The number of carbonyl (C=O) groups excluding carboxylic acids is 1. The van der Waals surface area contributed by atoms with Gasteiger partial charge in [0.1, 0.15) is 0 Å². The molecule has 1 heterocycles. The summed E-state index contributed by atoms with van der Waals surface area (Å²) < 4.78 is 1.88. The molecule has 3 aromatic rings. The zero-order chi connectivity index (χ0) is 21.9. The molecule has 0 saturated heterocycles. The number of halogens is 2. The molecule has 3 rings (SSSR count). The van der Waals surface area contributed by atoms with E-state index >= 15 is 0 Å². The second-order valence-electron chi connectivity index (χ2n) is 8.04. The number of rotatable bonds is 6. The standard InChI is InChI=1S/C22H24Cl2N4OS/c1-14-6-5-7-15(10-14)13-30-21-27-26-19(12-25-20(29)22(2,3)4)28(21)18-9-8-16(23)11-17(18)24/h5-11H,12-13H2,1-4H3,(H,25,29). The molecule has 0 aliphatic heterocycles. The first-order valence-corrected chi connectivity index (χ1v) is 11.3. The van der Waals surface area contributed by atoms with Crippen LogP contribution in [0, 0.1) is 12.3 Å². The van der Waals surface area contributed by atoms with Crippen molar-refractivity contribution in [3.63, 3.8) is 0 Å². The van der Waals surface area contributed by atoms with Crippen molar-refractivity contribution in [3.8, 4) is 5.69 Å². The van der Waals surface area contributed by atoms with E-state index in [0.29, 0.717) is 21.0 Å². The minimum absolute atomic E-state index is 0.0618. The lowest BCUT2D eigenvalue weighted by Crippen LogP contribution is -2.35. The highest BCUT2D eigenvalue weighted by atomic mass is 35.5. The van der Waals surface area contributed by atoms with Gasteiger partial charge in [-0.25, -0.2) is 0 Å². The first kappa shape index (κ1) is 22.7. The van der Waals surface area contributed by atoms with Crippen LogP contribution in [0.2, 0.25) is 10.0 Å². The molecule has 0 aliphatic rings. The second kappa shape index (κ2) is 9.41. The Morgan fingerprint density at radius 2 is 1.90 bits per heavy atom. The highest BCUT2D eigenvalue weighted by Crippen LogP contribution is 2.31. The monoisotopic (exact) mass is 462 g/mol. The minimum Gasteiger partial charge on any atom is -0.348 e. The van der Waals surface area contributed by atoms with E-state index in [9.17, 15) is 4.79 Å². The summed E-state index contributed by atoms with van der Waals surface area (Å²) in [7, 11) is 0. The third-order valence-corrected chi connectivity index (χ3v) is 5.93. The van der Waals surface area contributed by atoms with Crippen molar-refractivity contribution in [3.05, 3.63) is 69.5 Å². The molecular formula is C22H24Cl2N4OS. The first-order chi connectivity index (χ1) is 14.1. The van der Waals surface area contributed by atoms with Crippen molar-refractivity contribution >= 4 is 40.9 Å². The average molecular weight is 463 g/mol. The lowest BCUT2D eigenvalue weighted by atomic mass is 9.96. The molecule has 0 saturated carbocycles. The van der Waals surface area contributed by atoms with Gasteiger partial charge in [0.05, 0.1) is 17.3 Å². The molecule has 0 atom stereocenters. The lowest BCUT2D eigenvalue weighted by molar-refractivity contribution is -0.128. The van der Waals surface area contributed by atoms with Gasteiger partial charge in [0.2, 0.25) is 5.91 Å². The van der Waals surface area contributed by atoms with E-state index in [2.05, 4.69) is 40.6 Å². The van der Waals surface area contributed by atoms with Gasteiger partial charge in [-0.05, 0) is 30.7 Å². The number of benzene rings is 2. The number of amides is 1. The fourth-order valence-electron chi connectivity index (χ4n) is 2.79. The summed E-state index contributed by atoms with van der Waals surface area (Å²) in [5.41, 5.74) is 2.63. The number of nitrogens with zero attached hydrogens (tertiary/aromatic N) is 3.